The van der Waals surface area contributed by atoms with Crippen LogP contribution in [0.15, 0.2) is 52.9 Å². The number of rotatable bonds is 3. The molecular formula is C18H15N3OS2. The van der Waals surface area contributed by atoms with Gasteiger partial charge in [0.1, 0.15) is 5.01 Å². The van der Waals surface area contributed by atoms with Gasteiger partial charge in [-0.05, 0) is 26.0 Å². The summed E-state index contributed by atoms with van der Waals surface area (Å²) in [6, 6.07) is 16.1. The van der Waals surface area contributed by atoms with Gasteiger partial charge >= 0.3 is 0 Å². The highest BCUT2D eigenvalue weighted by Gasteiger charge is 2.22. The SMILES string of the molecule is Cc1nnc(SC(C)C(=O)n2c3ccccc3c3ccccc32)s1. The van der Waals surface area contributed by atoms with Gasteiger partial charge in [0.15, 0.2) is 4.34 Å². The summed E-state index contributed by atoms with van der Waals surface area (Å²) in [6.45, 7) is 3.84. The van der Waals surface area contributed by atoms with E-state index in [4.69, 9.17) is 0 Å². The molecule has 0 N–H and O–H groups in total. The van der Waals surface area contributed by atoms with Crippen molar-refractivity contribution in [3.8, 4) is 0 Å². The van der Waals surface area contributed by atoms with Crippen LogP contribution in [0.2, 0.25) is 0 Å². The highest BCUT2D eigenvalue weighted by atomic mass is 32.2. The first kappa shape index (κ1) is 15.4. The standard InChI is InChI=1S/C18H15N3OS2/c1-11(23-18-20-19-12(2)24-18)17(22)21-15-9-5-3-7-13(15)14-8-4-6-10-16(14)21/h3-11H,1-2H3. The van der Waals surface area contributed by atoms with E-state index in [1.807, 2.05) is 54.8 Å². The van der Waals surface area contributed by atoms with Gasteiger partial charge in [-0.25, -0.2) is 0 Å². The Kier molecular flexibility index (Phi) is 3.86. The van der Waals surface area contributed by atoms with Gasteiger partial charge < -0.3 is 0 Å². The zero-order valence-electron chi connectivity index (χ0n) is 13.3. The summed E-state index contributed by atoms with van der Waals surface area (Å²) in [5.41, 5.74) is 1.90. The summed E-state index contributed by atoms with van der Waals surface area (Å²) in [7, 11) is 0. The maximum atomic E-state index is 13.1. The third-order valence-corrected chi connectivity index (χ3v) is 5.94. The van der Waals surface area contributed by atoms with Crippen LogP contribution in [0, 0.1) is 6.92 Å². The molecule has 0 aliphatic heterocycles. The quantitative estimate of drug-likeness (QED) is 0.498. The molecule has 1 atom stereocenters. The van der Waals surface area contributed by atoms with Crippen LogP contribution < -0.4 is 0 Å². The molecule has 2 heterocycles. The molecule has 120 valence electrons. The topological polar surface area (TPSA) is 47.8 Å². The zero-order valence-corrected chi connectivity index (χ0v) is 14.9. The number of para-hydroxylation sites is 2. The van der Waals surface area contributed by atoms with Crippen molar-refractivity contribution in [1.29, 1.82) is 0 Å². The number of aryl methyl sites for hydroxylation is 1. The van der Waals surface area contributed by atoms with Gasteiger partial charge in [-0.3, -0.25) is 9.36 Å². The van der Waals surface area contributed by atoms with Gasteiger partial charge in [0.05, 0.1) is 16.3 Å². The minimum absolute atomic E-state index is 0.0604. The highest BCUT2D eigenvalue weighted by molar-refractivity contribution is 8.02. The fraction of sp³-hybridized carbons (Fsp3) is 0.167. The van der Waals surface area contributed by atoms with Crippen molar-refractivity contribution in [1.82, 2.24) is 14.8 Å². The van der Waals surface area contributed by atoms with E-state index in [2.05, 4.69) is 22.3 Å². The molecule has 2 aromatic carbocycles. The molecule has 2 aromatic heterocycles. The van der Waals surface area contributed by atoms with Crippen molar-refractivity contribution in [2.24, 2.45) is 0 Å². The van der Waals surface area contributed by atoms with Crippen molar-refractivity contribution in [2.45, 2.75) is 23.4 Å². The Hall–Kier alpha value is -2.18. The van der Waals surface area contributed by atoms with Crippen molar-refractivity contribution in [3.63, 3.8) is 0 Å². The first-order valence-electron chi connectivity index (χ1n) is 7.64. The number of hydrogen-bond donors (Lipinski definition) is 0. The van der Waals surface area contributed by atoms with Gasteiger partial charge in [0, 0.05) is 10.8 Å². The number of fused-ring (bicyclic) bond motifs is 3. The monoisotopic (exact) mass is 353 g/mol. The van der Waals surface area contributed by atoms with E-state index < -0.39 is 0 Å². The fourth-order valence-electron chi connectivity index (χ4n) is 2.87. The van der Waals surface area contributed by atoms with E-state index in [-0.39, 0.29) is 11.2 Å². The number of nitrogens with zero attached hydrogens (tertiary/aromatic N) is 3. The summed E-state index contributed by atoms with van der Waals surface area (Å²) < 4.78 is 2.66. The second kappa shape index (κ2) is 6.03. The van der Waals surface area contributed by atoms with Crippen LogP contribution in [-0.2, 0) is 0 Å². The Morgan fingerprint density at radius 2 is 1.62 bits per heavy atom. The van der Waals surface area contributed by atoms with Crippen LogP contribution in [0.1, 0.15) is 16.7 Å². The lowest BCUT2D eigenvalue weighted by molar-refractivity contribution is 0.0925. The summed E-state index contributed by atoms with van der Waals surface area (Å²) in [5, 5.41) is 11.0. The number of thioether (sulfide) groups is 1. The molecule has 1 unspecified atom stereocenters. The van der Waals surface area contributed by atoms with Crippen LogP contribution in [-0.4, -0.2) is 25.9 Å². The Morgan fingerprint density at radius 1 is 1.04 bits per heavy atom. The molecule has 0 bridgehead atoms. The molecule has 4 aromatic rings. The lowest BCUT2D eigenvalue weighted by atomic mass is 10.2. The zero-order chi connectivity index (χ0) is 16.7. The Labute approximate surface area is 147 Å². The van der Waals surface area contributed by atoms with Crippen LogP contribution >= 0.6 is 23.1 Å². The van der Waals surface area contributed by atoms with E-state index in [0.29, 0.717) is 0 Å². The molecule has 0 aliphatic rings. The first-order valence-corrected chi connectivity index (χ1v) is 9.34. The normalized spacial score (nSPS) is 12.8. The van der Waals surface area contributed by atoms with Gasteiger partial charge in [-0.15, -0.1) is 10.2 Å². The molecule has 0 radical (unpaired) electrons. The number of hydrogen-bond acceptors (Lipinski definition) is 5. The lowest BCUT2D eigenvalue weighted by Gasteiger charge is -2.11. The summed E-state index contributed by atoms with van der Waals surface area (Å²) >= 11 is 2.98. The van der Waals surface area contributed by atoms with E-state index >= 15 is 0 Å². The second-order valence-electron chi connectivity index (χ2n) is 5.56. The highest BCUT2D eigenvalue weighted by Crippen LogP contribution is 2.32. The van der Waals surface area contributed by atoms with Crippen molar-refractivity contribution >= 4 is 50.8 Å². The van der Waals surface area contributed by atoms with Crippen molar-refractivity contribution < 1.29 is 4.79 Å². The Bertz CT molecular complexity index is 997. The minimum Gasteiger partial charge on any atom is -0.279 e. The van der Waals surface area contributed by atoms with E-state index in [1.54, 1.807) is 0 Å². The smallest absolute Gasteiger partial charge is 0.244 e. The average Bonchev–Trinajstić information content (AvgIpc) is 3.15. The van der Waals surface area contributed by atoms with Crippen LogP contribution in [0.4, 0.5) is 0 Å². The first-order chi connectivity index (χ1) is 11.6. The van der Waals surface area contributed by atoms with Gasteiger partial charge in [0.2, 0.25) is 5.91 Å². The summed E-state index contributed by atoms with van der Waals surface area (Å²) in [5.74, 6) is 0.0604. The van der Waals surface area contributed by atoms with Gasteiger partial charge in [-0.1, -0.05) is 59.5 Å². The molecule has 0 aliphatic carbocycles. The predicted molar refractivity (Wildman–Crippen MR) is 100 cm³/mol. The maximum Gasteiger partial charge on any atom is 0.244 e. The third kappa shape index (κ3) is 2.52. The minimum atomic E-state index is -0.239. The Morgan fingerprint density at radius 3 is 2.17 bits per heavy atom. The van der Waals surface area contributed by atoms with Crippen LogP contribution in [0.25, 0.3) is 21.8 Å². The third-order valence-electron chi connectivity index (χ3n) is 3.93. The van der Waals surface area contributed by atoms with Gasteiger partial charge in [0.25, 0.3) is 0 Å². The van der Waals surface area contributed by atoms with E-state index in [9.17, 15) is 4.79 Å². The number of aromatic nitrogens is 3. The van der Waals surface area contributed by atoms with E-state index in [0.717, 1.165) is 31.2 Å². The van der Waals surface area contributed by atoms with Crippen molar-refractivity contribution in [2.75, 3.05) is 0 Å². The predicted octanol–water partition coefficient (Wildman–Crippen LogP) is 4.78. The fourth-order valence-corrected chi connectivity index (χ4v) is 4.87. The molecular weight excluding hydrogens is 338 g/mol. The number of benzene rings is 2. The molecule has 6 heteroatoms. The summed E-state index contributed by atoms with van der Waals surface area (Å²) in [4.78, 5) is 13.1. The largest absolute Gasteiger partial charge is 0.279 e. The van der Waals surface area contributed by atoms with Crippen molar-refractivity contribution in [3.05, 3.63) is 53.5 Å². The molecule has 0 spiro atoms. The maximum absolute atomic E-state index is 13.1. The number of carbonyl (C=O) groups is 1. The molecule has 0 fully saturated rings. The van der Waals surface area contributed by atoms with Crippen LogP contribution in [0.5, 0.6) is 0 Å². The molecule has 4 rings (SSSR count). The average molecular weight is 353 g/mol. The van der Waals surface area contributed by atoms with Crippen LogP contribution in [0.3, 0.4) is 0 Å². The van der Waals surface area contributed by atoms with Gasteiger partial charge in [-0.2, -0.15) is 0 Å². The molecule has 0 amide bonds. The Balaban J connectivity index is 1.80. The summed E-state index contributed by atoms with van der Waals surface area (Å²) in [6.07, 6.45) is 0. The molecule has 0 saturated heterocycles. The van der Waals surface area contributed by atoms with E-state index in [1.165, 1.54) is 23.1 Å². The molecule has 24 heavy (non-hydrogen) atoms. The molecule has 4 nitrogen and oxygen atoms in total. The lowest BCUT2D eigenvalue weighted by Crippen LogP contribution is -2.21. The molecule has 0 saturated carbocycles. The second-order valence-corrected chi connectivity index (χ2v) is 8.32. The number of carbonyl (C=O) groups excluding carboxylic acids is 1.